The van der Waals surface area contributed by atoms with Gasteiger partial charge in [0.2, 0.25) is 5.91 Å². The van der Waals surface area contributed by atoms with Gasteiger partial charge in [0.1, 0.15) is 11.6 Å². The zero-order chi connectivity index (χ0) is 22.1. The monoisotopic (exact) mass is 446 g/mol. The fourth-order valence-corrected chi connectivity index (χ4v) is 5.03. The second kappa shape index (κ2) is 8.70. The predicted octanol–water partition coefficient (Wildman–Crippen LogP) is 5.07. The number of likely N-dealkylation sites (tertiary alicyclic amines) is 1. The topological polar surface area (TPSA) is 86.8 Å². The number of pyridine rings is 1. The van der Waals surface area contributed by atoms with Crippen molar-refractivity contribution in [3.63, 3.8) is 0 Å². The van der Waals surface area contributed by atoms with Crippen molar-refractivity contribution in [3.8, 4) is 0 Å². The highest BCUT2D eigenvalue weighted by Crippen LogP contribution is 2.33. The summed E-state index contributed by atoms with van der Waals surface area (Å²) in [5.74, 6) is 1.77. The molecule has 8 heteroatoms. The number of nitrogens with zero attached hydrogens (tertiary/aromatic N) is 4. The summed E-state index contributed by atoms with van der Waals surface area (Å²) in [4.78, 5) is 33.5. The second-order valence-electron chi connectivity index (χ2n) is 8.18. The number of hydrogen-bond donors (Lipinski definition) is 2. The number of hydrogen-bond acceptors (Lipinski definition) is 6. The summed E-state index contributed by atoms with van der Waals surface area (Å²) < 4.78 is 0. The normalized spacial score (nSPS) is 16.1. The molecule has 7 nitrogen and oxygen atoms in total. The van der Waals surface area contributed by atoms with Gasteiger partial charge in [-0.2, -0.15) is 0 Å². The summed E-state index contributed by atoms with van der Waals surface area (Å²) in [6.07, 6.45) is 2.97. The van der Waals surface area contributed by atoms with Crippen LogP contribution in [-0.2, 0) is 11.2 Å². The number of carbonyl (C=O) groups is 1. The van der Waals surface area contributed by atoms with Crippen molar-refractivity contribution in [1.82, 2.24) is 24.8 Å². The number of aromatic nitrogens is 4. The van der Waals surface area contributed by atoms with Gasteiger partial charge in [-0.15, -0.1) is 11.3 Å². The molecule has 0 saturated carbocycles. The molecule has 1 aliphatic rings. The highest BCUT2D eigenvalue weighted by molar-refractivity contribution is 7.15. The van der Waals surface area contributed by atoms with E-state index in [-0.39, 0.29) is 11.9 Å². The average molecular weight is 447 g/mol. The van der Waals surface area contributed by atoms with Crippen LogP contribution < -0.4 is 5.32 Å². The Morgan fingerprint density at radius 2 is 2.03 bits per heavy atom. The minimum Gasteiger partial charge on any atom is -0.342 e. The second-order valence-corrected chi connectivity index (χ2v) is 9.38. The molecule has 1 fully saturated rings. The van der Waals surface area contributed by atoms with Gasteiger partial charge in [-0.3, -0.25) is 4.79 Å². The van der Waals surface area contributed by atoms with Gasteiger partial charge in [-0.25, -0.2) is 15.0 Å². The van der Waals surface area contributed by atoms with Crippen LogP contribution in [0.1, 0.15) is 47.4 Å². The molecule has 32 heavy (non-hydrogen) atoms. The summed E-state index contributed by atoms with van der Waals surface area (Å²) >= 11 is 1.62. The first-order valence-corrected chi connectivity index (χ1v) is 11.8. The number of carbonyl (C=O) groups excluding carboxylic acids is 1. The highest BCUT2D eigenvalue weighted by atomic mass is 32.1. The number of anilines is 2. The summed E-state index contributed by atoms with van der Waals surface area (Å²) in [6, 6.07) is 13.9. The molecule has 0 aliphatic carbocycles. The molecule has 1 atom stereocenters. The molecule has 1 unspecified atom stereocenters. The van der Waals surface area contributed by atoms with Crippen molar-refractivity contribution in [1.29, 1.82) is 0 Å². The van der Waals surface area contributed by atoms with Crippen LogP contribution in [0.3, 0.4) is 0 Å². The molecule has 4 aromatic rings. The van der Waals surface area contributed by atoms with Crippen molar-refractivity contribution in [2.45, 2.75) is 45.6 Å². The maximum Gasteiger partial charge on any atom is 0.223 e. The number of amides is 1. The lowest BCUT2D eigenvalue weighted by Gasteiger charge is -2.24. The third-order valence-corrected chi connectivity index (χ3v) is 6.95. The van der Waals surface area contributed by atoms with Crippen LogP contribution in [0.5, 0.6) is 0 Å². The molecule has 3 aromatic heterocycles. The molecule has 1 aliphatic heterocycles. The van der Waals surface area contributed by atoms with E-state index in [0.717, 1.165) is 58.6 Å². The van der Waals surface area contributed by atoms with Crippen LogP contribution in [0.25, 0.3) is 11.0 Å². The molecule has 0 radical (unpaired) electrons. The number of rotatable bonds is 6. The van der Waals surface area contributed by atoms with Gasteiger partial charge in [-0.1, -0.05) is 18.2 Å². The lowest BCUT2D eigenvalue weighted by atomic mass is 10.1. The minimum absolute atomic E-state index is 0.0136. The number of benzene rings is 1. The van der Waals surface area contributed by atoms with Crippen LogP contribution in [0.15, 0.2) is 42.5 Å². The lowest BCUT2D eigenvalue weighted by molar-refractivity contribution is -0.132. The Labute approximate surface area is 190 Å². The summed E-state index contributed by atoms with van der Waals surface area (Å²) in [7, 11) is 0. The highest BCUT2D eigenvalue weighted by Gasteiger charge is 2.30. The molecule has 4 heterocycles. The SMILES string of the molecule is Cc1nc(Nc2cccc(C3CCCN3C(=O)CCc3nc4ccccc4[nH]3)n2)sc1C. The lowest BCUT2D eigenvalue weighted by Crippen LogP contribution is -2.31. The third-order valence-electron chi connectivity index (χ3n) is 5.96. The summed E-state index contributed by atoms with van der Waals surface area (Å²) in [5.41, 5.74) is 3.90. The molecule has 5 rings (SSSR count). The van der Waals surface area contributed by atoms with Gasteiger partial charge in [0, 0.05) is 24.3 Å². The van der Waals surface area contributed by atoms with E-state index in [4.69, 9.17) is 4.98 Å². The molecular weight excluding hydrogens is 420 g/mol. The Bertz CT molecular complexity index is 1210. The van der Waals surface area contributed by atoms with Gasteiger partial charge in [0.15, 0.2) is 5.13 Å². The number of nitrogens with one attached hydrogen (secondary N) is 2. The van der Waals surface area contributed by atoms with E-state index in [9.17, 15) is 4.79 Å². The fourth-order valence-electron chi connectivity index (χ4n) is 4.21. The smallest absolute Gasteiger partial charge is 0.223 e. The van der Waals surface area contributed by atoms with Gasteiger partial charge in [-0.05, 0) is 51.0 Å². The first kappa shape index (κ1) is 20.6. The standard InChI is InChI=1S/C24H26N6OS/c1-15-16(2)32-24(25-15)29-21-11-5-9-19(28-21)20-10-6-14-30(20)23(31)13-12-22-26-17-7-3-4-8-18(17)27-22/h3-5,7-9,11,20H,6,10,12-14H2,1-2H3,(H,26,27)(H,25,28,29). The first-order chi connectivity index (χ1) is 15.6. The van der Waals surface area contributed by atoms with Gasteiger partial charge in [0.25, 0.3) is 0 Å². The van der Waals surface area contributed by atoms with Crippen molar-refractivity contribution in [2.75, 3.05) is 11.9 Å². The van der Waals surface area contributed by atoms with E-state index in [0.29, 0.717) is 12.8 Å². The Kier molecular flexibility index (Phi) is 5.61. The number of thiazole rings is 1. The van der Waals surface area contributed by atoms with E-state index in [1.165, 1.54) is 4.88 Å². The van der Waals surface area contributed by atoms with Crippen molar-refractivity contribution in [2.24, 2.45) is 0 Å². The maximum atomic E-state index is 13.1. The van der Waals surface area contributed by atoms with E-state index in [1.807, 2.05) is 54.3 Å². The molecule has 1 amide bonds. The van der Waals surface area contributed by atoms with Crippen molar-refractivity contribution in [3.05, 3.63) is 64.6 Å². The zero-order valence-electron chi connectivity index (χ0n) is 18.3. The van der Waals surface area contributed by atoms with Crippen LogP contribution >= 0.6 is 11.3 Å². The van der Waals surface area contributed by atoms with Crippen LogP contribution in [-0.4, -0.2) is 37.3 Å². The molecular formula is C24H26N6OS. The molecule has 2 N–H and O–H groups in total. The predicted molar refractivity (Wildman–Crippen MR) is 127 cm³/mol. The van der Waals surface area contributed by atoms with Crippen molar-refractivity contribution < 1.29 is 4.79 Å². The van der Waals surface area contributed by atoms with E-state index < -0.39 is 0 Å². The molecule has 0 spiro atoms. The number of H-pyrrole nitrogens is 1. The molecule has 164 valence electrons. The van der Waals surface area contributed by atoms with Gasteiger partial charge in [0.05, 0.1) is 28.5 Å². The number of aromatic amines is 1. The van der Waals surface area contributed by atoms with Crippen LogP contribution in [0.4, 0.5) is 10.9 Å². The Morgan fingerprint density at radius 1 is 1.16 bits per heavy atom. The summed E-state index contributed by atoms with van der Waals surface area (Å²) in [6.45, 7) is 4.84. The molecule has 0 bridgehead atoms. The third kappa shape index (κ3) is 4.23. The number of aryl methyl sites for hydroxylation is 3. The molecule has 1 saturated heterocycles. The number of imidazole rings is 1. The summed E-state index contributed by atoms with van der Waals surface area (Å²) in [5, 5.41) is 4.16. The average Bonchev–Trinajstić information content (AvgIpc) is 3.51. The van der Waals surface area contributed by atoms with Gasteiger partial charge >= 0.3 is 0 Å². The largest absolute Gasteiger partial charge is 0.342 e. The molecule has 1 aromatic carbocycles. The van der Waals surface area contributed by atoms with E-state index in [1.54, 1.807) is 11.3 Å². The quantitative estimate of drug-likeness (QED) is 0.432. The zero-order valence-corrected chi connectivity index (χ0v) is 19.1. The van der Waals surface area contributed by atoms with Gasteiger partial charge < -0.3 is 15.2 Å². The van der Waals surface area contributed by atoms with E-state index >= 15 is 0 Å². The number of para-hydroxylation sites is 2. The Morgan fingerprint density at radius 3 is 2.84 bits per heavy atom. The fraction of sp³-hybridized carbons (Fsp3) is 0.333. The Balaban J connectivity index is 1.27. The number of fused-ring (bicyclic) bond motifs is 1. The van der Waals surface area contributed by atoms with Crippen molar-refractivity contribution >= 4 is 39.2 Å². The van der Waals surface area contributed by atoms with E-state index in [2.05, 4.69) is 27.2 Å². The Hall–Kier alpha value is -3.26. The minimum atomic E-state index is 0.0136. The van der Waals surface area contributed by atoms with Crippen LogP contribution in [0, 0.1) is 13.8 Å². The maximum absolute atomic E-state index is 13.1. The van der Waals surface area contributed by atoms with Crippen LogP contribution in [0.2, 0.25) is 0 Å². The first-order valence-electron chi connectivity index (χ1n) is 11.0.